The van der Waals surface area contributed by atoms with E-state index in [1.807, 2.05) is 68.4 Å². The van der Waals surface area contributed by atoms with E-state index >= 15 is 0 Å². The van der Waals surface area contributed by atoms with Gasteiger partial charge in [-0.1, -0.05) is 77.5 Å². The van der Waals surface area contributed by atoms with Gasteiger partial charge in [0.1, 0.15) is 17.5 Å². The van der Waals surface area contributed by atoms with E-state index in [1.54, 1.807) is 6.07 Å². The molecule has 0 aliphatic carbocycles. The largest absolute Gasteiger partial charge is 0.352 e. The quantitative estimate of drug-likeness (QED) is 0.371. The van der Waals surface area contributed by atoms with E-state index < -0.39 is 34.4 Å². The minimum absolute atomic E-state index is 0.0270. The van der Waals surface area contributed by atoms with Crippen molar-refractivity contribution in [3.05, 3.63) is 100 Å². The maximum absolute atomic E-state index is 13.9. The molecular weight excluding hydrogens is 582 g/mol. The van der Waals surface area contributed by atoms with E-state index in [0.717, 1.165) is 15.6 Å². The van der Waals surface area contributed by atoms with Gasteiger partial charge in [0, 0.05) is 23.5 Å². The summed E-state index contributed by atoms with van der Waals surface area (Å²) in [5.41, 5.74) is 1.61. The molecule has 10 heteroatoms. The Bertz CT molecular complexity index is 1480. The number of nitrogens with one attached hydrogen (secondary N) is 1. The van der Waals surface area contributed by atoms with Crippen LogP contribution in [-0.4, -0.2) is 54.0 Å². The van der Waals surface area contributed by atoms with Crippen LogP contribution in [0.25, 0.3) is 0 Å². The molecule has 0 fully saturated rings. The molecule has 1 heterocycles. The first kappa shape index (κ1) is 28.5. The average molecular weight is 613 g/mol. The molecule has 0 saturated heterocycles. The summed E-state index contributed by atoms with van der Waals surface area (Å²) < 4.78 is 27.8. The van der Waals surface area contributed by atoms with E-state index in [1.165, 1.54) is 23.1 Å². The van der Waals surface area contributed by atoms with Gasteiger partial charge in [0.05, 0.1) is 5.56 Å². The van der Waals surface area contributed by atoms with Gasteiger partial charge in [-0.3, -0.25) is 14.4 Å². The van der Waals surface area contributed by atoms with Gasteiger partial charge in [-0.25, -0.2) is 12.7 Å². The maximum atomic E-state index is 13.9. The number of carbonyl (C=O) groups is 3. The smallest absolute Gasteiger partial charge is 0.269 e. The molecule has 39 heavy (non-hydrogen) atoms. The Hall–Kier alpha value is -3.50. The third-order valence-corrected chi connectivity index (χ3v) is 8.99. The third-order valence-electron chi connectivity index (χ3n) is 6.70. The minimum atomic E-state index is -4.20. The average Bonchev–Trinajstić information content (AvgIpc) is 3.11. The van der Waals surface area contributed by atoms with Crippen LogP contribution in [0.4, 0.5) is 0 Å². The summed E-state index contributed by atoms with van der Waals surface area (Å²) in [4.78, 5) is 41.8. The van der Waals surface area contributed by atoms with Gasteiger partial charge >= 0.3 is 0 Å². The zero-order chi connectivity index (χ0) is 28.2. The van der Waals surface area contributed by atoms with E-state index in [4.69, 9.17) is 0 Å². The van der Waals surface area contributed by atoms with E-state index in [2.05, 4.69) is 21.2 Å². The predicted molar refractivity (Wildman–Crippen MR) is 151 cm³/mol. The molecular formula is C29H30BrN3O5S. The van der Waals surface area contributed by atoms with Crippen molar-refractivity contribution in [2.75, 3.05) is 6.54 Å². The van der Waals surface area contributed by atoms with Crippen LogP contribution >= 0.6 is 15.9 Å². The molecule has 0 unspecified atom stereocenters. The van der Waals surface area contributed by atoms with E-state index in [9.17, 15) is 22.8 Å². The summed E-state index contributed by atoms with van der Waals surface area (Å²) in [6, 6.07) is 21.4. The lowest BCUT2D eigenvalue weighted by Crippen LogP contribution is -2.54. The molecule has 1 N–H and O–H groups in total. The summed E-state index contributed by atoms with van der Waals surface area (Å²) in [6.45, 7) is 3.15. The first-order valence-corrected chi connectivity index (χ1v) is 14.9. The third kappa shape index (κ3) is 6.39. The van der Waals surface area contributed by atoms with Crippen LogP contribution in [0.3, 0.4) is 0 Å². The van der Waals surface area contributed by atoms with Crippen molar-refractivity contribution in [2.24, 2.45) is 0 Å². The van der Waals surface area contributed by atoms with Crippen molar-refractivity contribution in [1.29, 1.82) is 0 Å². The van der Waals surface area contributed by atoms with Crippen LogP contribution in [0.5, 0.6) is 0 Å². The molecule has 0 saturated carbocycles. The van der Waals surface area contributed by atoms with Crippen molar-refractivity contribution in [3.8, 4) is 0 Å². The number of fused-ring (bicyclic) bond motifs is 1. The standard InChI is InChI=1S/C29H30BrN3O5S/c1-3-20(2)31-28(35)25(17-21-10-5-4-6-11-21)32(18-22-12-9-13-23(30)16-22)27(34)19-33-29(36)24-14-7-8-15-26(24)39(33,37)38/h4-16,20,25H,3,17-19H2,1-2H3,(H,31,35)/t20-,25-/m0/s1. The summed E-state index contributed by atoms with van der Waals surface area (Å²) in [5.74, 6) is -1.76. The molecule has 3 amide bonds. The first-order chi connectivity index (χ1) is 18.6. The predicted octanol–water partition coefficient (Wildman–Crippen LogP) is 4.15. The number of carbonyl (C=O) groups excluding carboxylic acids is 3. The lowest BCUT2D eigenvalue weighted by atomic mass is 10.0. The number of hydrogen-bond acceptors (Lipinski definition) is 5. The van der Waals surface area contributed by atoms with E-state index in [0.29, 0.717) is 10.7 Å². The number of halogens is 1. The molecule has 3 aromatic carbocycles. The highest BCUT2D eigenvalue weighted by molar-refractivity contribution is 9.10. The zero-order valence-electron chi connectivity index (χ0n) is 21.7. The van der Waals surface area contributed by atoms with Gasteiger partial charge in [0.25, 0.3) is 15.9 Å². The number of rotatable bonds is 10. The second-order valence-corrected chi connectivity index (χ2v) is 12.2. The summed E-state index contributed by atoms with van der Waals surface area (Å²) >= 11 is 3.45. The molecule has 1 aliphatic rings. The Labute approximate surface area is 237 Å². The van der Waals surface area contributed by atoms with Crippen molar-refractivity contribution in [1.82, 2.24) is 14.5 Å². The molecule has 0 spiro atoms. The minimum Gasteiger partial charge on any atom is -0.352 e. The highest BCUT2D eigenvalue weighted by atomic mass is 79.9. The monoisotopic (exact) mass is 611 g/mol. The fraction of sp³-hybridized carbons (Fsp3) is 0.276. The topological polar surface area (TPSA) is 104 Å². The zero-order valence-corrected chi connectivity index (χ0v) is 24.1. The fourth-order valence-electron chi connectivity index (χ4n) is 4.43. The van der Waals surface area contributed by atoms with Crippen LogP contribution in [-0.2, 0) is 32.6 Å². The van der Waals surface area contributed by atoms with Crippen LogP contribution in [0.1, 0.15) is 41.8 Å². The van der Waals surface area contributed by atoms with Gasteiger partial charge in [-0.2, -0.15) is 0 Å². The summed E-state index contributed by atoms with van der Waals surface area (Å²) in [5, 5.41) is 2.97. The number of sulfonamides is 1. The second kappa shape index (κ2) is 12.1. The van der Waals surface area contributed by atoms with Crippen LogP contribution < -0.4 is 5.32 Å². The Kier molecular flexibility index (Phi) is 8.87. The Morgan fingerprint density at radius 3 is 2.31 bits per heavy atom. The van der Waals surface area contributed by atoms with Crippen molar-refractivity contribution >= 4 is 43.7 Å². The van der Waals surface area contributed by atoms with Crippen LogP contribution in [0.2, 0.25) is 0 Å². The normalized spacial score (nSPS) is 15.4. The SMILES string of the molecule is CC[C@H](C)NC(=O)[C@H](Cc1ccccc1)N(Cc1cccc(Br)c1)C(=O)CN1C(=O)c2ccccc2S1(=O)=O. The van der Waals surface area contributed by atoms with Crippen molar-refractivity contribution in [2.45, 2.75) is 50.2 Å². The summed E-state index contributed by atoms with van der Waals surface area (Å²) in [7, 11) is -4.20. The maximum Gasteiger partial charge on any atom is 0.269 e. The molecule has 204 valence electrons. The molecule has 0 aromatic heterocycles. The van der Waals surface area contributed by atoms with Gasteiger partial charge in [-0.05, 0) is 48.7 Å². The highest BCUT2D eigenvalue weighted by Gasteiger charge is 2.43. The Morgan fingerprint density at radius 1 is 0.974 bits per heavy atom. The van der Waals surface area contributed by atoms with E-state index in [-0.39, 0.29) is 35.4 Å². The fourth-order valence-corrected chi connectivity index (χ4v) is 6.39. The van der Waals surface area contributed by atoms with Crippen molar-refractivity contribution in [3.63, 3.8) is 0 Å². The van der Waals surface area contributed by atoms with Gasteiger partial charge in [0.15, 0.2) is 0 Å². The molecule has 1 aliphatic heterocycles. The number of benzene rings is 3. The number of hydrogen-bond donors (Lipinski definition) is 1. The van der Waals surface area contributed by atoms with Crippen LogP contribution in [0, 0.1) is 0 Å². The molecule has 3 aromatic rings. The first-order valence-electron chi connectivity index (χ1n) is 12.7. The van der Waals surface area contributed by atoms with Crippen LogP contribution in [0.15, 0.2) is 88.2 Å². The molecule has 0 bridgehead atoms. The summed E-state index contributed by atoms with van der Waals surface area (Å²) in [6.07, 6.45) is 0.909. The Morgan fingerprint density at radius 2 is 1.64 bits per heavy atom. The Balaban J connectivity index is 1.72. The van der Waals surface area contributed by atoms with Gasteiger partial charge < -0.3 is 10.2 Å². The van der Waals surface area contributed by atoms with Gasteiger partial charge in [0.2, 0.25) is 11.8 Å². The molecule has 4 rings (SSSR count). The molecule has 2 atom stereocenters. The highest BCUT2D eigenvalue weighted by Crippen LogP contribution is 2.30. The number of amides is 3. The molecule has 0 radical (unpaired) electrons. The van der Waals surface area contributed by atoms with Gasteiger partial charge in [-0.15, -0.1) is 0 Å². The lowest BCUT2D eigenvalue weighted by Gasteiger charge is -2.33. The lowest BCUT2D eigenvalue weighted by molar-refractivity contribution is -0.141. The second-order valence-electron chi connectivity index (χ2n) is 9.49. The number of nitrogens with zero attached hydrogens (tertiary/aromatic N) is 2. The van der Waals surface area contributed by atoms with Crippen molar-refractivity contribution < 1.29 is 22.8 Å². The molecule has 8 nitrogen and oxygen atoms in total.